The summed E-state index contributed by atoms with van der Waals surface area (Å²) >= 11 is 0. The van der Waals surface area contributed by atoms with Crippen LogP contribution in [0.3, 0.4) is 0 Å². The van der Waals surface area contributed by atoms with Gasteiger partial charge in [-0.05, 0) is 12.1 Å². The molecule has 0 aliphatic carbocycles. The lowest BCUT2D eigenvalue weighted by Crippen LogP contribution is -1.99. The molecular formula is C13H16N2O4. The first-order chi connectivity index (χ1) is 9.21. The molecule has 0 atom stereocenters. The molecule has 0 spiro atoms. The Labute approximate surface area is 111 Å². The van der Waals surface area contributed by atoms with E-state index in [-0.39, 0.29) is 5.88 Å². The average molecular weight is 264 g/mol. The van der Waals surface area contributed by atoms with Crippen molar-refractivity contribution in [3.63, 3.8) is 0 Å². The highest BCUT2D eigenvalue weighted by Crippen LogP contribution is 2.39. The van der Waals surface area contributed by atoms with E-state index < -0.39 is 0 Å². The Morgan fingerprint density at radius 1 is 1.16 bits per heavy atom. The van der Waals surface area contributed by atoms with E-state index in [0.717, 1.165) is 11.1 Å². The van der Waals surface area contributed by atoms with E-state index in [0.29, 0.717) is 23.7 Å². The molecule has 0 saturated heterocycles. The van der Waals surface area contributed by atoms with Gasteiger partial charge in [0.15, 0.2) is 0 Å². The number of aromatic nitrogens is 1. The van der Waals surface area contributed by atoms with Crippen molar-refractivity contribution in [1.82, 2.24) is 5.16 Å². The first-order valence-electron chi connectivity index (χ1n) is 5.65. The molecule has 19 heavy (non-hydrogen) atoms. The smallest absolute Gasteiger partial charge is 0.230 e. The van der Waals surface area contributed by atoms with Crippen molar-refractivity contribution in [2.45, 2.75) is 6.61 Å². The van der Waals surface area contributed by atoms with Gasteiger partial charge in [0.2, 0.25) is 5.88 Å². The Bertz CT molecular complexity index is 566. The minimum Gasteiger partial charge on any atom is -0.497 e. The molecule has 1 aromatic carbocycles. The number of hydrogen-bond acceptors (Lipinski definition) is 6. The molecule has 0 fully saturated rings. The molecule has 2 N–H and O–H groups in total. The SMILES string of the molecule is COCc1cc(OC)cc(-c2cnoc2N)c1OC. The second-order valence-electron chi connectivity index (χ2n) is 3.90. The number of hydrogen-bond donors (Lipinski definition) is 1. The molecule has 102 valence electrons. The van der Waals surface area contributed by atoms with Crippen LogP contribution in [0.5, 0.6) is 11.5 Å². The lowest BCUT2D eigenvalue weighted by atomic mass is 10.0. The molecule has 0 bridgehead atoms. The maximum absolute atomic E-state index is 5.75. The second-order valence-corrected chi connectivity index (χ2v) is 3.90. The minimum atomic E-state index is 0.231. The summed E-state index contributed by atoms with van der Waals surface area (Å²) in [6, 6.07) is 3.68. The predicted octanol–water partition coefficient (Wildman–Crippen LogP) is 2.09. The number of methoxy groups -OCH3 is 3. The number of nitrogens with zero attached hydrogens (tertiary/aromatic N) is 1. The number of anilines is 1. The van der Waals surface area contributed by atoms with E-state index in [4.69, 9.17) is 24.5 Å². The van der Waals surface area contributed by atoms with Crippen LogP contribution >= 0.6 is 0 Å². The molecule has 0 aliphatic rings. The summed E-state index contributed by atoms with van der Waals surface area (Å²) in [5.41, 5.74) is 8.03. The van der Waals surface area contributed by atoms with E-state index in [9.17, 15) is 0 Å². The van der Waals surface area contributed by atoms with Gasteiger partial charge in [-0.2, -0.15) is 0 Å². The molecule has 0 amide bonds. The Balaban J connectivity index is 2.63. The topological polar surface area (TPSA) is 79.7 Å². The summed E-state index contributed by atoms with van der Waals surface area (Å²) in [6.45, 7) is 0.401. The fourth-order valence-corrected chi connectivity index (χ4v) is 1.93. The lowest BCUT2D eigenvalue weighted by molar-refractivity contribution is 0.181. The summed E-state index contributed by atoms with van der Waals surface area (Å²) in [4.78, 5) is 0. The van der Waals surface area contributed by atoms with Crippen molar-refractivity contribution >= 4 is 5.88 Å². The van der Waals surface area contributed by atoms with Gasteiger partial charge < -0.3 is 24.5 Å². The molecule has 6 nitrogen and oxygen atoms in total. The highest BCUT2D eigenvalue weighted by Gasteiger charge is 2.17. The minimum absolute atomic E-state index is 0.231. The van der Waals surface area contributed by atoms with Crippen molar-refractivity contribution in [3.8, 4) is 22.6 Å². The molecular weight excluding hydrogens is 248 g/mol. The fraction of sp³-hybridized carbons (Fsp3) is 0.308. The summed E-state index contributed by atoms with van der Waals surface area (Å²) in [6.07, 6.45) is 1.54. The third-order valence-electron chi connectivity index (χ3n) is 2.77. The Hall–Kier alpha value is -2.21. The zero-order chi connectivity index (χ0) is 13.8. The summed E-state index contributed by atoms with van der Waals surface area (Å²) in [5, 5.41) is 3.68. The van der Waals surface area contributed by atoms with Crippen LogP contribution in [0.15, 0.2) is 22.9 Å². The number of ether oxygens (including phenoxy) is 3. The Kier molecular flexibility index (Phi) is 3.91. The van der Waals surface area contributed by atoms with Crippen molar-refractivity contribution in [2.75, 3.05) is 27.1 Å². The average Bonchev–Trinajstić information content (AvgIpc) is 2.84. The van der Waals surface area contributed by atoms with Crippen LogP contribution in [0.1, 0.15) is 5.56 Å². The largest absolute Gasteiger partial charge is 0.497 e. The normalized spacial score (nSPS) is 10.5. The van der Waals surface area contributed by atoms with E-state index in [1.807, 2.05) is 12.1 Å². The molecule has 0 radical (unpaired) electrons. The van der Waals surface area contributed by atoms with Crippen molar-refractivity contribution < 1.29 is 18.7 Å². The molecule has 6 heteroatoms. The molecule has 2 rings (SSSR count). The summed E-state index contributed by atoms with van der Waals surface area (Å²) in [7, 11) is 4.81. The van der Waals surface area contributed by atoms with Crippen molar-refractivity contribution in [2.24, 2.45) is 0 Å². The van der Waals surface area contributed by atoms with Crippen LogP contribution in [0.25, 0.3) is 11.1 Å². The highest BCUT2D eigenvalue weighted by atomic mass is 16.5. The van der Waals surface area contributed by atoms with Crippen molar-refractivity contribution in [1.29, 1.82) is 0 Å². The van der Waals surface area contributed by atoms with E-state index >= 15 is 0 Å². The standard InChI is InChI=1S/C13H16N2O4/c1-16-7-8-4-9(17-2)5-10(12(8)18-3)11-6-15-19-13(11)14/h4-6H,7,14H2,1-3H3. The predicted molar refractivity (Wildman–Crippen MR) is 70.2 cm³/mol. The number of nitrogens with two attached hydrogens (primary N) is 1. The molecule has 0 aliphatic heterocycles. The van der Waals surface area contributed by atoms with Gasteiger partial charge in [0.25, 0.3) is 0 Å². The fourth-order valence-electron chi connectivity index (χ4n) is 1.93. The van der Waals surface area contributed by atoms with Crippen LogP contribution in [-0.2, 0) is 11.3 Å². The Morgan fingerprint density at radius 2 is 1.95 bits per heavy atom. The van der Waals surface area contributed by atoms with Gasteiger partial charge >= 0.3 is 0 Å². The number of nitrogen functional groups attached to an aromatic ring is 1. The zero-order valence-electron chi connectivity index (χ0n) is 11.1. The third-order valence-corrected chi connectivity index (χ3v) is 2.77. The van der Waals surface area contributed by atoms with Crippen LogP contribution < -0.4 is 15.2 Å². The van der Waals surface area contributed by atoms with Crippen LogP contribution in [0, 0.1) is 0 Å². The van der Waals surface area contributed by atoms with Gasteiger partial charge in [-0.1, -0.05) is 5.16 Å². The van der Waals surface area contributed by atoms with Gasteiger partial charge in [0.1, 0.15) is 11.5 Å². The molecule has 0 unspecified atom stereocenters. The maximum Gasteiger partial charge on any atom is 0.230 e. The molecule has 1 heterocycles. The van der Waals surface area contributed by atoms with Crippen LogP contribution in [-0.4, -0.2) is 26.5 Å². The summed E-state index contributed by atoms with van der Waals surface area (Å²) in [5.74, 6) is 1.58. The quantitative estimate of drug-likeness (QED) is 0.890. The molecule has 0 saturated carbocycles. The van der Waals surface area contributed by atoms with Crippen LogP contribution in [0.4, 0.5) is 5.88 Å². The Morgan fingerprint density at radius 3 is 2.47 bits per heavy atom. The number of rotatable bonds is 5. The first-order valence-corrected chi connectivity index (χ1v) is 5.65. The molecule has 2 aromatic rings. The lowest BCUT2D eigenvalue weighted by Gasteiger charge is -2.14. The zero-order valence-corrected chi connectivity index (χ0v) is 11.1. The monoisotopic (exact) mass is 264 g/mol. The first kappa shape index (κ1) is 13.2. The summed E-state index contributed by atoms with van der Waals surface area (Å²) < 4.78 is 20.8. The maximum atomic E-state index is 5.75. The van der Waals surface area contributed by atoms with Gasteiger partial charge in [-0.25, -0.2) is 0 Å². The van der Waals surface area contributed by atoms with Gasteiger partial charge in [-0.15, -0.1) is 0 Å². The highest BCUT2D eigenvalue weighted by molar-refractivity contribution is 5.79. The van der Waals surface area contributed by atoms with Gasteiger partial charge in [0, 0.05) is 18.2 Å². The van der Waals surface area contributed by atoms with E-state index in [1.54, 1.807) is 27.5 Å². The van der Waals surface area contributed by atoms with Crippen LogP contribution in [0.2, 0.25) is 0 Å². The van der Waals surface area contributed by atoms with Gasteiger partial charge in [-0.3, -0.25) is 0 Å². The van der Waals surface area contributed by atoms with E-state index in [2.05, 4.69) is 5.16 Å². The van der Waals surface area contributed by atoms with Gasteiger partial charge in [0.05, 0.1) is 32.6 Å². The third kappa shape index (κ3) is 2.48. The van der Waals surface area contributed by atoms with Crippen molar-refractivity contribution in [3.05, 3.63) is 23.9 Å². The molecule has 1 aromatic heterocycles. The van der Waals surface area contributed by atoms with E-state index in [1.165, 1.54) is 0 Å². The number of benzene rings is 1. The second kappa shape index (κ2) is 5.62.